The molecule has 0 unspecified atom stereocenters. The lowest BCUT2D eigenvalue weighted by Gasteiger charge is -2.28. The van der Waals surface area contributed by atoms with Crippen LogP contribution in [0.5, 0.6) is 0 Å². The molecule has 1 saturated heterocycles. The lowest BCUT2D eigenvalue weighted by Crippen LogP contribution is -2.39. The van der Waals surface area contributed by atoms with Gasteiger partial charge in [0.25, 0.3) is 0 Å². The van der Waals surface area contributed by atoms with Crippen LogP contribution in [0.3, 0.4) is 0 Å². The van der Waals surface area contributed by atoms with E-state index in [-0.39, 0.29) is 4.32 Å². The van der Waals surface area contributed by atoms with E-state index >= 15 is 0 Å². The zero-order chi connectivity index (χ0) is 8.11. The Kier molecular flexibility index (Phi) is 1.61. The van der Waals surface area contributed by atoms with Crippen molar-refractivity contribution in [1.29, 1.82) is 0 Å². The molecule has 1 N–H and O–H groups in total. The summed E-state index contributed by atoms with van der Waals surface area (Å²) in [6.07, 6.45) is 2.79. The lowest BCUT2D eigenvalue weighted by atomic mass is 10.1. The molecule has 1 saturated carbocycles. The first-order valence-electron chi connectivity index (χ1n) is 4.17. The predicted octanol–water partition coefficient (Wildman–Crippen LogP) is 1.66. The molecule has 0 aromatic heterocycles. The Balaban J connectivity index is 2.13. The zero-order valence-electron chi connectivity index (χ0n) is 6.64. The standard InChI is InChI=1S/C8H13BrO2/c1-2-3-8(10)7(9)4-6(7)5-11-8/h6,10H,2-5H2,1H3/t6-,7+,8-/m0/s1. The fourth-order valence-corrected chi connectivity index (χ4v) is 2.78. The third-order valence-corrected chi connectivity index (χ3v) is 4.38. The van der Waals surface area contributed by atoms with Gasteiger partial charge in [-0.2, -0.15) is 0 Å². The van der Waals surface area contributed by atoms with E-state index in [1.54, 1.807) is 0 Å². The topological polar surface area (TPSA) is 29.5 Å². The maximum absolute atomic E-state index is 9.99. The van der Waals surface area contributed by atoms with Gasteiger partial charge in [-0.1, -0.05) is 29.3 Å². The van der Waals surface area contributed by atoms with Gasteiger partial charge in [0.1, 0.15) is 0 Å². The number of aliphatic hydroxyl groups is 1. The quantitative estimate of drug-likeness (QED) is 0.718. The molecule has 3 heteroatoms. The van der Waals surface area contributed by atoms with Crippen LogP contribution in [0, 0.1) is 5.92 Å². The van der Waals surface area contributed by atoms with Gasteiger partial charge in [-0.25, -0.2) is 0 Å². The molecule has 2 aliphatic rings. The van der Waals surface area contributed by atoms with E-state index in [4.69, 9.17) is 4.74 Å². The van der Waals surface area contributed by atoms with Crippen LogP contribution in [0.4, 0.5) is 0 Å². The van der Waals surface area contributed by atoms with E-state index in [1.807, 2.05) is 0 Å². The summed E-state index contributed by atoms with van der Waals surface area (Å²) in [5.74, 6) is -0.314. The van der Waals surface area contributed by atoms with Gasteiger partial charge in [0.05, 0.1) is 10.9 Å². The van der Waals surface area contributed by atoms with Crippen molar-refractivity contribution in [3.8, 4) is 0 Å². The minimum absolute atomic E-state index is 0.0873. The van der Waals surface area contributed by atoms with Crippen molar-refractivity contribution >= 4 is 15.9 Å². The number of fused-ring (bicyclic) bond motifs is 1. The van der Waals surface area contributed by atoms with Crippen molar-refractivity contribution in [3.63, 3.8) is 0 Å². The van der Waals surface area contributed by atoms with Crippen molar-refractivity contribution in [2.75, 3.05) is 6.61 Å². The maximum atomic E-state index is 9.99. The van der Waals surface area contributed by atoms with E-state index in [1.165, 1.54) is 0 Å². The van der Waals surface area contributed by atoms with E-state index < -0.39 is 5.79 Å². The molecule has 0 aromatic carbocycles. The first kappa shape index (κ1) is 8.02. The fourth-order valence-electron chi connectivity index (χ4n) is 1.95. The Labute approximate surface area is 75.1 Å². The zero-order valence-corrected chi connectivity index (χ0v) is 8.23. The van der Waals surface area contributed by atoms with Crippen molar-refractivity contribution in [3.05, 3.63) is 0 Å². The third kappa shape index (κ3) is 0.910. The number of hydrogen-bond acceptors (Lipinski definition) is 2. The Morgan fingerprint density at radius 2 is 2.45 bits per heavy atom. The Morgan fingerprint density at radius 3 is 2.82 bits per heavy atom. The molecular formula is C8H13BrO2. The third-order valence-electron chi connectivity index (χ3n) is 2.79. The van der Waals surface area contributed by atoms with Gasteiger partial charge in [0.2, 0.25) is 0 Å². The van der Waals surface area contributed by atoms with Gasteiger partial charge in [-0.05, 0) is 6.42 Å². The lowest BCUT2D eigenvalue weighted by molar-refractivity contribution is -0.187. The van der Waals surface area contributed by atoms with E-state index in [9.17, 15) is 5.11 Å². The van der Waals surface area contributed by atoms with E-state index in [2.05, 4.69) is 22.9 Å². The summed E-state index contributed by atoms with van der Waals surface area (Å²) in [6.45, 7) is 2.79. The summed E-state index contributed by atoms with van der Waals surface area (Å²) >= 11 is 3.57. The molecule has 11 heavy (non-hydrogen) atoms. The molecule has 0 bridgehead atoms. The molecule has 2 nitrogen and oxygen atoms in total. The van der Waals surface area contributed by atoms with Gasteiger partial charge in [0, 0.05) is 12.3 Å². The summed E-state index contributed by atoms with van der Waals surface area (Å²) < 4.78 is 5.27. The average molecular weight is 221 g/mol. The fraction of sp³-hybridized carbons (Fsp3) is 1.00. The highest BCUT2D eigenvalue weighted by Crippen LogP contribution is 2.64. The predicted molar refractivity (Wildman–Crippen MR) is 45.6 cm³/mol. The first-order chi connectivity index (χ1) is 5.12. The molecule has 0 radical (unpaired) electrons. The Morgan fingerprint density at radius 1 is 1.73 bits per heavy atom. The van der Waals surface area contributed by atoms with Gasteiger partial charge in [-0.15, -0.1) is 0 Å². The van der Waals surface area contributed by atoms with Gasteiger partial charge in [0.15, 0.2) is 5.79 Å². The summed E-state index contributed by atoms with van der Waals surface area (Å²) in [4.78, 5) is 0. The second-order valence-electron chi connectivity index (χ2n) is 3.61. The average Bonchev–Trinajstić information content (AvgIpc) is 2.54. The minimum Gasteiger partial charge on any atom is -0.364 e. The van der Waals surface area contributed by atoms with Crippen LogP contribution in [-0.4, -0.2) is 21.8 Å². The van der Waals surface area contributed by atoms with Crippen LogP contribution in [-0.2, 0) is 4.74 Å². The SMILES string of the molecule is CCC[C@]1(O)OC[C@@H]2C[C@@]21Br. The number of rotatable bonds is 2. The highest BCUT2D eigenvalue weighted by atomic mass is 79.9. The Hall–Kier alpha value is 0.400. The molecule has 3 atom stereocenters. The monoisotopic (exact) mass is 220 g/mol. The molecule has 1 heterocycles. The normalized spacial score (nSPS) is 54.3. The van der Waals surface area contributed by atoms with Crippen molar-refractivity contribution in [2.24, 2.45) is 5.92 Å². The van der Waals surface area contributed by atoms with Crippen molar-refractivity contribution < 1.29 is 9.84 Å². The van der Waals surface area contributed by atoms with E-state index in [0.717, 1.165) is 25.9 Å². The van der Waals surface area contributed by atoms with E-state index in [0.29, 0.717) is 5.92 Å². The second kappa shape index (κ2) is 2.21. The van der Waals surface area contributed by atoms with Gasteiger partial charge in [-0.3, -0.25) is 0 Å². The molecule has 2 fully saturated rings. The van der Waals surface area contributed by atoms with Crippen LogP contribution in [0.15, 0.2) is 0 Å². The molecule has 1 aliphatic carbocycles. The van der Waals surface area contributed by atoms with Crippen molar-refractivity contribution in [2.45, 2.75) is 36.3 Å². The van der Waals surface area contributed by atoms with Crippen LogP contribution >= 0.6 is 15.9 Å². The summed E-state index contributed by atoms with van der Waals surface area (Å²) in [5, 5.41) is 9.99. The van der Waals surface area contributed by atoms with Gasteiger partial charge >= 0.3 is 0 Å². The van der Waals surface area contributed by atoms with Crippen LogP contribution in [0.25, 0.3) is 0 Å². The molecule has 64 valence electrons. The van der Waals surface area contributed by atoms with Crippen LogP contribution < -0.4 is 0 Å². The largest absolute Gasteiger partial charge is 0.364 e. The number of hydrogen-bond donors (Lipinski definition) is 1. The molecule has 2 rings (SSSR count). The molecule has 0 aromatic rings. The highest BCUT2D eigenvalue weighted by molar-refractivity contribution is 9.10. The highest BCUT2D eigenvalue weighted by Gasteiger charge is 2.70. The molecule has 0 amide bonds. The first-order valence-corrected chi connectivity index (χ1v) is 4.97. The molecule has 1 aliphatic heterocycles. The smallest absolute Gasteiger partial charge is 0.181 e. The Bertz CT molecular complexity index is 183. The summed E-state index contributed by atoms with van der Waals surface area (Å²) in [5.41, 5.74) is 0. The number of alkyl halides is 1. The van der Waals surface area contributed by atoms with Crippen LogP contribution in [0.2, 0.25) is 0 Å². The number of halogens is 1. The van der Waals surface area contributed by atoms with Gasteiger partial charge < -0.3 is 9.84 Å². The summed E-state index contributed by atoms with van der Waals surface area (Å²) in [6, 6.07) is 0. The summed E-state index contributed by atoms with van der Waals surface area (Å²) in [7, 11) is 0. The van der Waals surface area contributed by atoms with Crippen molar-refractivity contribution in [1.82, 2.24) is 0 Å². The number of ether oxygens (including phenoxy) is 1. The molecular weight excluding hydrogens is 208 g/mol. The van der Waals surface area contributed by atoms with Crippen LogP contribution in [0.1, 0.15) is 26.2 Å². The second-order valence-corrected chi connectivity index (χ2v) is 5.02. The minimum atomic E-state index is -0.869. The maximum Gasteiger partial charge on any atom is 0.181 e. The molecule has 0 spiro atoms.